The van der Waals surface area contributed by atoms with Crippen molar-refractivity contribution >= 4 is 43.9 Å². The van der Waals surface area contributed by atoms with Crippen molar-refractivity contribution in [2.45, 2.75) is 26.8 Å². The Labute approximate surface area is 166 Å². The summed E-state index contributed by atoms with van der Waals surface area (Å²) < 4.78 is 1.14. The Hall–Kier alpha value is -2.57. The van der Waals surface area contributed by atoms with Crippen LogP contribution in [-0.4, -0.2) is 15.9 Å². The number of rotatable bonds is 5. The molecule has 0 saturated carbocycles. The molecule has 0 aliphatic carbocycles. The summed E-state index contributed by atoms with van der Waals surface area (Å²) in [6, 6.07) is 13.9. The quantitative estimate of drug-likeness (QED) is 0.471. The van der Waals surface area contributed by atoms with Crippen LogP contribution in [0.2, 0.25) is 0 Å². The molecule has 0 radical (unpaired) electrons. The lowest BCUT2D eigenvalue weighted by atomic mass is 10.1. The van der Waals surface area contributed by atoms with Crippen molar-refractivity contribution in [2.24, 2.45) is 0 Å². The van der Waals surface area contributed by atoms with Gasteiger partial charge < -0.3 is 0 Å². The highest BCUT2D eigenvalue weighted by atomic mass is 32.1. The van der Waals surface area contributed by atoms with E-state index in [1.807, 2.05) is 35.7 Å². The average molecular weight is 394 g/mol. The number of hydrogen-bond acceptors (Lipinski definition) is 5. The lowest BCUT2D eigenvalue weighted by Gasteiger charge is -2.19. The fourth-order valence-electron chi connectivity index (χ4n) is 2.94. The summed E-state index contributed by atoms with van der Waals surface area (Å²) in [5.41, 5.74) is 4.14. The molecule has 0 aliphatic rings. The molecule has 27 heavy (non-hydrogen) atoms. The van der Waals surface area contributed by atoms with Crippen LogP contribution in [0.15, 0.2) is 54.0 Å². The second kappa shape index (κ2) is 7.58. The Bertz CT molecular complexity index is 1030. The molecule has 1 amide bonds. The van der Waals surface area contributed by atoms with Gasteiger partial charge in [-0.3, -0.25) is 14.7 Å². The van der Waals surface area contributed by atoms with E-state index in [0.29, 0.717) is 13.0 Å². The maximum atomic E-state index is 13.1. The summed E-state index contributed by atoms with van der Waals surface area (Å²) in [7, 11) is 0. The van der Waals surface area contributed by atoms with Gasteiger partial charge in [0, 0.05) is 11.1 Å². The molecule has 1 aromatic carbocycles. The smallest absolute Gasteiger partial charge is 0.234 e. The predicted octanol–water partition coefficient (Wildman–Crippen LogP) is 5.15. The molecule has 0 N–H and O–H groups in total. The van der Waals surface area contributed by atoms with E-state index < -0.39 is 0 Å². The molecule has 4 aromatic rings. The van der Waals surface area contributed by atoms with Crippen LogP contribution in [0.3, 0.4) is 0 Å². The first-order chi connectivity index (χ1) is 13.1. The van der Waals surface area contributed by atoms with E-state index in [2.05, 4.69) is 31.0 Å². The largest absolute Gasteiger partial charge is 0.282 e. The molecular formula is C21H19N3OS2. The second-order valence-electron chi connectivity index (χ2n) is 6.43. The molecule has 4 rings (SSSR count). The fraction of sp³-hybridized carbons (Fsp3) is 0.190. The monoisotopic (exact) mass is 393 g/mol. The van der Waals surface area contributed by atoms with Gasteiger partial charge in [-0.05, 0) is 48.6 Å². The number of hydrogen-bond donors (Lipinski definition) is 0. The summed E-state index contributed by atoms with van der Waals surface area (Å²) in [5.74, 6) is 0.0393. The predicted molar refractivity (Wildman–Crippen MR) is 113 cm³/mol. The highest BCUT2D eigenvalue weighted by molar-refractivity contribution is 7.22. The van der Waals surface area contributed by atoms with Crippen molar-refractivity contribution in [2.75, 3.05) is 4.90 Å². The van der Waals surface area contributed by atoms with E-state index in [1.165, 1.54) is 5.56 Å². The van der Waals surface area contributed by atoms with Crippen molar-refractivity contribution in [1.82, 2.24) is 9.97 Å². The lowest BCUT2D eigenvalue weighted by molar-refractivity contribution is -0.118. The van der Waals surface area contributed by atoms with Crippen LogP contribution in [0.1, 0.15) is 21.7 Å². The highest BCUT2D eigenvalue weighted by Gasteiger charge is 2.22. The molecule has 0 fully saturated rings. The van der Waals surface area contributed by atoms with Gasteiger partial charge in [0.1, 0.15) is 0 Å². The topological polar surface area (TPSA) is 46.1 Å². The lowest BCUT2D eigenvalue weighted by Crippen LogP contribution is -2.31. The third-order valence-corrected chi connectivity index (χ3v) is 6.50. The number of carbonyl (C=O) groups is 1. The van der Waals surface area contributed by atoms with E-state index in [-0.39, 0.29) is 5.91 Å². The zero-order valence-electron chi connectivity index (χ0n) is 15.2. The Kier molecular flexibility index (Phi) is 5.01. The van der Waals surface area contributed by atoms with Crippen LogP contribution >= 0.6 is 22.7 Å². The van der Waals surface area contributed by atoms with Crippen molar-refractivity contribution in [3.05, 3.63) is 75.7 Å². The Morgan fingerprint density at radius 2 is 1.93 bits per heavy atom. The molecule has 6 heteroatoms. The molecular weight excluding hydrogens is 374 g/mol. The molecule has 4 nitrogen and oxygen atoms in total. The van der Waals surface area contributed by atoms with Gasteiger partial charge in [0.25, 0.3) is 0 Å². The molecule has 136 valence electrons. The zero-order valence-corrected chi connectivity index (χ0v) is 16.8. The molecule has 3 heterocycles. The van der Waals surface area contributed by atoms with Gasteiger partial charge >= 0.3 is 0 Å². The Balaban J connectivity index is 1.74. The number of amides is 1. The average Bonchev–Trinajstić information content (AvgIpc) is 3.34. The van der Waals surface area contributed by atoms with E-state index in [9.17, 15) is 4.79 Å². The number of benzene rings is 1. The summed E-state index contributed by atoms with van der Waals surface area (Å²) in [5, 5.41) is 2.73. The molecule has 0 aliphatic heterocycles. The first kappa shape index (κ1) is 17.8. The molecule has 3 aromatic heterocycles. The number of fused-ring (bicyclic) bond motifs is 1. The number of thiazole rings is 1. The van der Waals surface area contributed by atoms with E-state index >= 15 is 0 Å². The molecule has 0 bridgehead atoms. The number of carbonyl (C=O) groups excluding carboxylic acids is 1. The zero-order chi connectivity index (χ0) is 18.8. The van der Waals surface area contributed by atoms with Crippen LogP contribution < -0.4 is 4.90 Å². The highest BCUT2D eigenvalue weighted by Crippen LogP contribution is 2.34. The first-order valence-electron chi connectivity index (χ1n) is 8.71. The summed E-state index contributed by atoms with van der Waals surface area (Å²) >= 11 is 3.18. The van der Waals surface area contributed by atoms with Crippen molar-refractivity contribution < 1.29 is 4.79 Å². The Morgan fingerprint density at radius 3 is 2.63 bits per heavy atom. The van der Waals surface area contributed by atoms with Gasteiger partial charge in [-0.25, -0.2) is 4.98 Å². The molecule has 0 saturated heterocycles. The van der Waals surface area contributed by atoms with Crippen molar-refractivity contribution in [3.63, 3.8) is 0 Å². The maximum Gasteiger partial charge on any atom is 0.234 e. The van der Waals surface area contributed by atoms with Gasteiger partial charge in [0.15, 0.2) is 5.13 Å². The Morgan fingerprint density at radius 1 is 1.07 bits per heavy atom. The van der Waals surface area contributed by atoms with Gasteiger partial charge in [-0.1, -0.05) is 35.6 Å². The third-order valence-electron chi connectivity index (χ3n) is 4.41. The minimum atomic E-state index is 0.0393. The number of aromatic nitrogens is 2. The van der Waals surface area contributed by atoms with Gasteiger partial charge in [0.2, 0.25) is 5.91 Å². The number of nitrogens with zero attached hydrogens (tertiary/aromatic N) is 3. The standard InChI is InChI=1S/C21H19N3OS2/c1-14-8-9-15(2)20-19(14)23-21(27-20)24(13-16-6-3-4-10-22-16)18(25)12-17-7-5-11-26-17/h3-11H,12-13H2,1-2H3. The van der Waals surface area contributed by atoms with E-state index in [0.717, 1.165) is 31.5 Å². The number of thiophene rings is 1. The third kappa shape index (κ3) is 3.77. The van der Waals surface area contributed by atoms with Gasteiger partial charge in [0.05, 0.1) is 28.9 Å². The van der Waals surface area contributed by atoms with Crippen LogP contribution in [0, 0.1) is 13.8 Å². The SMILES string of the molecule is Cc1ccc(C)c2sc(N(Cc3ccccn3)C(=O)Cc3cccs3)nc12. The second-order valence-corrected chi connectivity index (χ2v) is 8.44. The molecule has 0 atom stereocenters. The number of aryl methyl sites for hydroxylation is 2. The number of anilines is 1. The summed E-state index contributed by atoms with van der Waals surface area (Å²) in [6.07, 6.45) is 2.13. The van der Waals surface area contributed by atoms with E-state index in [4.69, 9.17) is 4.98 Å². The molecule has 0 unspecified atom stereocenters. The fourth-order valence-corrected chi connectivity index (χ4v) is 4.76. The summed E-state index contributed by atoms with van der Waals surface area (Å²) in [4.78, 5) is 25.2. The van der Waals surface area contributed by atoms with Crippen molar-refractivity contribution in [3.8, 4) is 0 Å². The van der Waals surface area contributed by atoms with E-state index in [1.54, 1.807) is 33.8 Å². The van der Waals surface area contributed by atoms with Crippen LogP contribution in [0.25, 0.3) is 10.2 Å². The van der Waals surface area contributed by atoms with Crippen LogP contribution in [0.5, 0.6) is 0 Å². The van der Waals surface area contributed by atoms with Crippen molar-refractivity contribution in [1.29, 1.82) is 0 Å². The first-order valence-corrected chi connectivity index (χ1v) is 10.4. The minimum absolute atomic E-state index is 0.0393. The summed E-state index contributed by atoms with van der Waals surface area (Å²) in [6.45, 7) is 4.56. The maximum absolute atomic E-state index is 13.1. The minimum Gasteiger partial charge on any atom is -0.282 e. The normalized spacial score (nSPS) is 11.0. The molecule has 0 spiro atoms. The number of pyridine rings is 1. The van der Waals surface area contributed by atoms with Gasteiger partial charge in [-0.15, -0.1) is 11.3 Å². The van der Waals surface area contributed by atoms with Crippen LogP contribution in [0.4, 0.5) is 5.13 Å². The van der Waals surface area contributed by atoms with Crippen LogP contribution in [-0.2, 0) is 17.8 Å². The van der Waals surface area contributed by atoms with Gasteiger partial charge in [-0.2, -0.15) is 0 Å².